The Morgan fingerprint density at radius 2 is 2.15 bits per heavy atom. The van der Waals surface area contributed by atoms with Gasteiger partial charge in [0.1, 0.15) is 6.33 Å². The van der Waals surface area contributed by atoms with Crippen LogP contribution >= 0.6 is 0 Å². The molecule has 1 aromatic rings. The van der Waals surface area contributed by atoms with E-state index in [1.165, 1.54) is 10.9 Å². The number of nitrogens with zero attached hydrogens (tertiary/aromatic N) is 3. The molecule has 0 fully saturated rings. The van der Waals surface area contributed by atoms with Gasteiger partial charge in [0, 0.05) is 19.1 Å². The quantitative estimate of drug-likeness (QED) is 0.222. The van der Waals surface area contributed by atoms with Crippen molar-refractivity contribution >= 4 is 11.9 Å². The predicted molar refractivity (Wildman–Crippen MR) is 77.1 cm³/mol. The van der Waals surface area contributed by atoms with E-state index >= 15 is 0 Å². The monoisotopic (exact) mass is 282 g/mol. The van der Waals surface area contributed by atoms with Gasteiger partial charge in [0.15, 0.2) is 5.96 Å². The normalized spacial score (nSPS) is 12.1. The van der Waals surface area contributed by atoms with E-state index in [2.05, 4.69) is 15.3 Å². The molecule has 0 saturated carbocycles. The fourth-order valence-corrected chi connectivity index (χ4v) is 1.78. The van der Waals surface area contributed by atoms with Crippen LogP contribution in [0.3, 0.4) is 0 Å². The van der Waals surface area contributed by atoms with E-state index in [1.807, 2.05) is 0 Å². The first-order valence-electron chi connectivity index (χ1n) is 6.51. The molecular formula is C11H22N8O. The number of anilines is 1. The molecule has 0 aromatic carbocycles. The van der Waals surface area contributed by atoms with Gasteiger partial charge in [0.2, 0.25) is 5.95 Å². The van der Waals surface area contributed by atoms with Crippen molar-refractivity contribution in [3.05, 3.63) is 16.8 Å². The second kappa shape index (κ2) is 8.10. The van der Waals surface area contributed by atoms with Crippen LogP contribution in [0.5, 0.6) is 0 Å². The fraction of sp³-hybridized carbons (Fsp3) is 0.636. The van der Waals surface area contributed by atoms with Gasteiger partial charge in [-0.05, 0) is 25.7 Å². The first-order valence-corrected chi connectivity index (χ1v) is 6.51. The van der Waals surface area contributed by atoms with Crippen LogP contribution < -0.4 is 28.2 Å². The number of nitrogen functional groups attached to an aromatic ring is 1. The Kier molecular flexibility index (Phi) is 6.44. The van der Waals surface area contributed by atoms with E-state index in [1.54, 1.807) is 0 Å². The highest BCUT2D eigenvalue weighted by atomic mass is 16.1. The molecule has 20 heavy (non-hydrogen) atoms. The molecule has 0 amide bonds. The summed E-state index contributed by atoms with van der Waals surface area (Å²) in [6.45, 7) is 1.17. The maximum Gasteiger partial charge on any atom is 0.352 e. The Morgan fingerprint density at radius 1 is 1.45 bits per heavy atom. The number of aromatic nitrogens is 3. The lowest BCUT2D eigenvalue weighted by Gasteiger charge is -2.12. The molecule has 0 aliphatic heterocycles. The zero-order valence-electron chi connectivity index (χ0n) is 11.4. The molecule has 9 nitrogen and oxygen atoms in total. The molecular weight excluding hydrogens is 260 g/mol. The zero-order chi connectivity index (χ0) is 15.0. The molecule has 1 aromatic heterocycles. The van der Waals surface area contributed by atoms with E-state index < -0.39 is 5.69 Å². The molecule has 0 saturated heterocycles. The van der Waals surface area contributed by atoms with Gasteiger partial charge in [-0.25, -0.2) is 9.78 Å². The minimum atomic E-state index is -0.392. The number of nitrogens with one attached hydrogen (secondary N) is 2. The summed E-state index contributed by atoms with van der Waals surface area (Å²) in [6, 6.07) is 0.0640. The van der Waals surface area contributed by atoms with Gasteiger partial charge in [0.05, 0.1) is 0 Å². The molecule has 112 valence electrons. The summed E-state index contributed by atoms with van der Waals surface area (Å²) in [5.41, 5.74) is 16.0. The predicted octanol–water partition coefficient (Wildman–Crippen LogP) is -1.41. The Bertz CT molecular complexity index is 486. The first-order chi connectivity index (χ1) is 9.49. The standard InChI is InChI=1S/C11H22N8O/c12-8(3-1-5-16-9(13)14)4-2-6-19-7-17-10(15)18-11(19)20/h7-8H,1-6,12H2,(H4,13,14,16)(H2,15,18,20)/t8-/m0/s1. The van der Waals surface area contributed by atoms with Crippen LogP contribution in [0.25, 0.3) is 0 Å². The second-order valence-electron chi connectivity index (χ2n) is 4.58. The smallest absolute Gasteiger partial charge is 0.352 e. The van der Waals surface area contributed by atoms with Crippen molar-refractivity contribution < 1.29 is 0 Å². The van der Waals surface area contributed by atoms with E-state index in [0.717, 1.165) is 25.7 Å². The summed E-state index contributed by atoms with van der Waals surface area (Å²) in [5.74, 6) is -0.0396. The number of hydrogen-bond acceptors (Lipinski definition) is 6. The van der Waals surface area contributed by atoms with Crippen molar-refractivity contribution in [1.29, 1.82) is 5.41 Å². The molecule has 0 spiro atoms. The van der Waals surface area contributed by atoms with Crippen LogP contribution in [-0.4, -0.2) is 33.1 Å². The van der Waals surface area contributed by atoms with E-state index in [4.69, 9.17) is 22.6 Å². The average molecular weight is 282 g/mol. The third kappa shape index (κ3) is 6.14. The maximum absolute atomic E-state index is 11.5. The van der Waals surface area contributed by atoms with E-state index in [-0.39, 0.29) is 17.9 Å². The molecule has 0 unspecified atom stereocenters. The molecule has 9 heteroatoms. The lowest BCUT2D eigenvalue weighted by molar-refractivity contribution is 0.487. The largest absolute Gasteiger partial charge is 0.370 e. The summed E-state index contributed by atoms with van der Waals surface area (Å²) < 4.78 is 1.42. The van der Waals surface area contributed by atoms with Gasteiger partial charge in [-0.15, -0.1) is 0 Å². The van der Waals surface area contributed by atoms with Gasteiger partial charge in [-0.3, -0.25) is 9.98 Å². The molecule has 8 N–H and O–H groups in total. The minimum absolute atomic E-state index is 0.0130. The van der Waals surface area contributed by atoms with Gasteiger partial charge >= 0.3 is 5.69 Å². The van der Waals surface area contributed by atoms with Crippen molar-refractivity contribution in [3.8, 4) is 0 Å². The third-order valence-corrected chi connectivity index (χ3v) is 2.83. The summed E-state index contributed by atoms with van der Waals surface area (Å²) in [5, 5.41) is 9.73. The number of nitrogens with two attached hydrogens (primary N) is 3. The molecule has 0 bridgehead atoms. The third-order valence-electron chi connectivity index (χ3n) is 2.83. The van der Waals surface area contributed by atoms with Gasteiger partial charge in [-0.1, -0.05) is 0 Å². The molecule has 1 heterocycles. The van der Waals surface area contributed by atoms with E-state index in [0.29, 0.717) is 13.1 Å². The van der Waals surface area contributed by atoms with Crippen LogP contribution in [0.2, 0.25) is 0 Å². The lowest BCUT2D eigenvalue weighted by Crippen LogP contribution is -2.32. The van der Waals surface area contributed by atoms with Crippen molar-refractivity contribution in [2.24, 2.45) is 11.5 Å². The SMILES string of the molecule is N=C(N)NCCC[C@H](N)CCCn1cnc(N)nc1=O. The highest BCUT2D eigenvalue weighted by Gasteiger charge is 2.04. The van der Waals surface area contributed by atoms with Crippen molar-refractivity contribution in [2.45, 2.75) is 38.3 Å². The Hall–Kier alpha value is -2.16. The van der Waals surface area contributed by atoms with Crippen LogP contribution in [0.15, 0.2) is 11.1 Å². The van der Waals surface area contributed by atoms with Crippen LogP contribution in [0.4, 0.5) is 5.95 Å². The number of hydrogen-bond donors (Lipinski definition) is 5. The molecule has 1 rings (SSSR count). The van der Waals surface area contributed by atoms with E-state index in [9.17, 15) is 4.79 Å². The lowest BCUT2D eigenvalue weighted by atomic mass is 10.1. The highest BCUT2D eigenvalue weighted by molar-refractivity contribution is 5.74. The fourth-order valence-electron chi connectivity index (χ4n) is 1.78. The number of aryl methyl sites for hydroxylation is 1. The van der Waals surface area contributed by atoms with Crippen molar-refractivity contribution in [1.82, 2.24) is 19.9 Å². The van der Waals surface area contributed by atoms with Crippen LogP contribution in [0.1, 0.15) is 25.7 Å². The summed E-state index contributed by atoms with van der Waals surface area (Å²) in [7, 11) is 0. The summed E-state index contributed by atoms with van der Waals surface area (Å²) in [6.07, 6.45) is 4.66. The van der Waals surface area contributed by atoms with Gasteiger partial charge in [0.25, 0.3) is 0 Å². The van der Waals surface area contributed by atoms with Crippen LogP contribution in [0, 0.1) is 5.41 Å². The van der Waals surface area contributed by atoms with Crippen molar-refractivity contribution in [3.63, 3.8) is 0 Å². The molecule has 0 radical (unpaired) electrons. The molecule has 0 aliphatic carbocycles. The molecule has 1 atom stereocenters. The van der Waals surface area contributed by atoms with Crippen LogP contribution in [-0.2, 0) is 6.54 Å². The summed E-state index contributed by atoms with van der Waals surface area (Å²) >= 11 is 0. The number of guanidine groups is 1. The number of rotatable bonds is 8. The highest BCUT2D eigenvalue weighted by Crippen LogP contribution is 2.03. The van der Waals surface area contributed by atoms with Gasteiger partial charge in [-0.2, -0.15) is 4.98 Å². The summed E-state index contributed by atoms with van der Waals surface area (Å²) in [4.78, 5) is 18.8. The zero-order valence-corrected chi connectivity index (χ0v) is 11.4. The first kappa shape index (κ1) is 15.9. The topological polar surface area (TPSA) is 162 Å². The maximum atomic E-state index is 11.5. The minimum Gasteiger partial charge on any atom is -0.370 e. The second-order valence-corrected chi connectivity index (χ2v) is 4.58. The van der Waals surface area contributed by atoms with Crippen molar-refractivity contribution in [2.75, 3.05) is 12.3 Å². The Balaban J connectivity index is 2.19. The average Bonchev–Trinajstić information content (AvgIpc) is 2.37. The van der Waals surface area contributed by atoms with Gasteiger partial charge < -0.3 is 22.5 Å². The molecule has 0 aliphatic rings. The Labute approximate surface area is 117 Å². The Morgan fingerprint density at radius 3 is 2.80 bits per heavy atom.